The maximum Gasteiger partial charge on any atom is 0.253 e. The first-order valence-corrected chi connectivity index (χ1v) is 7.11. The van der Waals surface area contributed by atoms with Crippen molar-refractivity contribution in [2.75, 3.05) is 18.8 Å². The number of nitrogens with zero attached hydrogens (tertiary/aromatic N) is 1. The van der Waals surface area contributed by atoms with Crippen molar-refractivity contribution in [1.82, 2.24) is 4.90 Å². The van der Waals surface area contributed by atoms with Gasteiger partial charge in [-0.15, -0.1) is 0 Å². The molecule has 1 saturated heterocycles. The van der Waals surface area contributed by atoms with Crippen LogP contribution in [0.25, 0.3) is 0 Å². The number of benzene rings is 1. The molecule has 1 amide bonds. The molecular formula is C14H19BrN2O. The third-order valence-corrected chi connectivity index (χ3v) is 4.09. The molecule has 0 radical (unpaired) electrons. The number of carbonyl (C=O) groups is 1. The van der Waals surface area contributed by atoms with Crippen LogP contribution in [-0.2, 0) is 0 Å². The number of hydrogen-bond donors (Lipinski definition) is 1. The second-order valence-corrected chi connectivity index (χ2v) is 6.25. The van der Waals surface area contributed by atoms with Crippen molar-refractivity contribution in [3.05, 3.63) is 28.2 Å². The predicted molar refractivity (Wildman–Crippen MR) is 77.4 cm³/mol. The van der Waals surface area contributed by atoms with Crippen molar-refractivity contribution in [3.63, 3.8) is 0 Å². The van der Waals surface area contributed by atoms with Gasteiger partial charge < -0.3 is 10.6 Å². The molecule has 2 N–H and O–H groups in total. The fourth-order valence-electron chi connectivity index (χ4n) is 2.67. The summed E-state index contributed by atoms with van der Waals surface area (Å²) in [5.74, 6) is 1.26. The van der Waals surface area contributed by atoms with E-state index in [1.807, 2.05) is 11.0 Å². The molecular weight excluding hydrogens is 292 g/mol. The maximum absolute atomic E-state index is 12.4. The van der Waals surface area contributed by atoms with Gasteiger partial charge in [-0.3, -0.25) is 4.79 Å². The van der Waals surface area contributed by atoms with E-state index >= 15 is 0 Å². The lowest BCUT2D eigenvalue weighted by Crippen LogP contribution is -2.42. The SMILES string of the molecule is CC1CC(C)CN(C(=O)c2ccc(N)c(Br)c2)C1. The van der Waals surface area contributed by atoms with Gasteiger partial charge in [0.1, 0.15) is 0 Å². The van der Waals surface area contributed by atoms with Gasteiger partial charge in [0, 0.05) is 28.8 Å². The lowest BCUT2D eigenvalue weighted by Gasteiger charge is -2.35. The van der Waals surface area contributed by atoms with Gasteiger partial charge in [0.25, 0.3) is 5.91 Å². The second kappa shape index (κ2) is 5.31. The number of halogens is 1. The van der Waals surface area contributed by atoms with Crippen molar-refractivity contribution >= 4 is 27.5 Å². The van der Waals surface area contributed by atoms with Crippen molar-refractivity contribution in [2.45, 2.75) is 20.3 Å². The van der Waals surface area contributed by atoms with Gasteiger partial charge in [-0.25, -0.2) is 0 Å². The minimum absolute atomic E-state index is 0.106. The van der Waals surface area contributed by atoms with Crippen LogP contribution >= 0.6 is 15.9 Å². The van der Waals surface area contributed by atoms with Crippen LogP contribution in [0.5, 0.6) is 0 Å². The number of likely N-dealkylation sites (tertiary alicyclic amines) is 1. The standard InChI is InChI=1S/C14H19BrN2O/c1-9-5-10(2)8-17(7-9)14(18)11-3-4-13(16)12(15)6-11/h3-4,6,9-10H,5,7-8,16H2,1-2H3. The largest absolute Gasteiger partial charge is 0.398 e. The Morgan fingerprint density at radius 3 is 2.50 bits per heavy atom. The zero-order valence-electron chi connectivity index (χ0n) is 10.8. The van der Waals surface area contributed by atoms with Crippen LogP contribution in [0.3, 0.4) is 0 Å². The molecule has 1 aliphatic heterocycles. The maximum atomic E-state index is 12.4. The van der Waals surface area contributed by atoms with Crippen molar-refractivity contribution in [3.8, 4) is 0 Å². The Bertz CT molecular complexity index is 451. The molecule has 1 heterocycles. The molecule has 1 fully saturated rings. The molecule has 4 heteroatoms. The monoisotopic (exact) mass is 310 g/mol. The van der Waals surface area contributed by atoms with E-state index in [0.717, 1.165) is 17.6 Å². The summed E-state index contributed by atoms with van der Waals surface area (Å²) < 4.78 is 0.784. The molecule has 0 aromatic heterocycles. The zero-order chi connectivity index (χ0) is 13.3. The van der Waals surface area contributed by atoms with Gasteiger partial charge in [0.2, 0.25) is 0 Å². The van der Waals surface area contributed by atoms with Crippen LogP contribution in [0.15, 0.2) is 22.7 Å². The summed E-state index contributed by atoms with van der Waals surface area (Å²) >= 11 is 3.37. The van der Waals surface area contributed by atoms with E-state index in [2.05, 4.69) is 29.8 Å². The highest BCUT2D eigenvalue weighted by Crippen LogP contribution is 2.25. The average molecular weight is 311 g/mol. The third-order valence-electron chi connectivity index (χ3n) is 3.40. The molecule has 0 aliphatic carbocycles. The van der Waals surface area contributed by atoms with E-state index in [4.69, 9.17) is 5.73 Å². The molecule has 0 bridgehead atoms. The van der Waals surface area contributed by atoms with E-state index < -0.39 is 0 Å². The van der Waals surface area contributed by atoms with Crippen LogP contribution in [-0.4, -0.2) is 23.9 Å². The third kappa shape index (κ3) is 2.86. The molecule has 98 valence electrons. The Labute approximate surface area is 116 Å². The molecule has 1 aromatic rings. The quantitative estimate of drug-likeness (QED) is 0.810. The van der Waals surface area contributed by atoms with Gasteiger partial charge in [-0.2, -0.15) is 0 Å². The van der Waals surface area contributed by atoms with Crippen molar-refractivity contribution in [2.24, 2.45) is 11.8 Å². The first-order valence-electron chi connectivity index (χ1n) is 6.31. The minimum atomic E-state index is 0.106. The van der Waals surface area contributed by atoms with Gasteiger partial charge >= 0.3 is 0 Å². The van der Waals surface area contributed by atoms with Gasteiger partial charge in [0.05, 0.1) is 0 Å². The topological polar surface area (TPSA) is 46.3 Å². The van der Waals surface area contributed by atoms with E-state index in [0.29, 0.717) is 23.1 Å². The highest BCUT2D eigenvalue weighted by atomic mass is 79.9. The Morgan fingerprint density at radius 2 is 1.94 bits per heavy atom. The summed E-state index contributed by atoms with van der Waals surface area (Å²) in [4.78, 5) is 14.4. The predicted octanol–water partition coefficient (Wildman–Crippen LogP) is 3.15. The van der Waals surface area contributed by atoms with Crippen LogP contribution in [0.4, 0.5) is 5.69 Å². The lowest BCUT2D eigenvalue weighted by molar-refractivity contribution is 0.0623. The number of rotatable bonds is 1. The lowest BCUT2D eigenvalue weighted by atomic mass is 9.91. The minimum Gasteiger partial charge on any atom is -0.398 e. The summed E-state index contributed by atoms with van der Waals surface area (Å²) in [7, 11) is 0. The molecule has 3 nitrogen and oxygen atoms in total. The highest BCUT2D eigenvalue weighted by molar-refractivity contribution is 9.10. The first kappa shape index (κ1) is 13.4. The van der Waals surface area contributed by atoms with E-state index in [1.54, 1.807) is 12.1 Å². The van der Waals surface area contributed by atoms with Crippen LogP contribution in [0.1, 0.15) is 30.6 Å². The Balaban J connectivity index is 2.17. The van der Waals surface area contributed by atoms with Crippen LogP contribution in [0.2, 0.25) is 0 Å². The summed E-state index contributed by atoms with van der Waals surface area (Å²) in [6.45, 7) is 6.11. The van der Waals surface area contributed by atoms with Crippen LogP contribution < -0.4 is 5.73 Å². The van der Waals surface area contributed by atoms with Gasteiger partial charge in [-0.1, -0.05) is 13.8 Å². The fraction of sp³-hybridized carbons (Fsp3) is 0.500. The summed E-state index contributed by atoms with van der Waals surface area (Å²) in [5.41, 5.74) is 7.10. The Morgan fingerprint density at radius 1 is 1.33 bits per heavy atom. The molecule has 18 heavy (non-hydrogen) atoms. The van der Waals surface area contributed by atoms with Crippen molar-refractivity contribution in [1.29, 1.82) is 0 Å². The van der Waals surface area contributed by atoms with Gasteiger partial charge in [0.15, 0.2) is 0 Å². The zero-order valence-corrected chi connectivity index (χ0v) is 12.4. The fourth-order valence-corrected chi connectivity index (χ4v) is 3.05. The normalized spacial score (nSPS) is 24.1. The number of nitrogen functional groups attached to an aromatic ring is 1. The average Bonchev–Trinajstić information content (AvgIpc) is 2.30. The highest BCUT2D eigenvalue weighted by Gasteiger charge is 2.26. The first-order chi connectivity index (χ1) is 8.47. The van der Waals surface area contributed by atoms with Gasteiger partial charge in [-0.05, 0) is 52.4 Å². The molecule has 1 aromatic carbocycles. The smallest absolute Gasteiger partial charge is 0.253 e. The van der Waals surface area contributed by atoms with Crippen molar-refractivity contribution < 1.29 is 4.79 Å². The summed E-state index contributed by atoms with van der Waals surface area (Å²) in [5, 5.41) is 0. The summed E-state index contributed by atoms with van der Waals surface area (Å²) in [6, 6.07) is 5.38. The molecule has 2 rings (SSSR count). The Kier molecular flexibility index (Phi) is 3.95. The van der Waals surface area contributed by atoms with E-state index in [1.165, 1.54) is 6.42 Å². The Hall–Kier alpha value is -1.03. The molecule has 2 unspecified atom stereocenters. The summed E-state index contributed by atoms with van der Waals surface area (Å²) in [6.07, 6.45) is 1.20. The van der Waals surface area contributed by atoms with Crippen LogP contribution in [0, 0.1) is 11.8 Å². The number of nitrogens with two attached hydrogens (primary N) is 1. The molecule has 0 spiro atoms. The second-order valence-electron chi connectivity index (χ2n) is 5.39. The number of anilines is 1. The van der Waals surface area contributed by atoms with E-state index in [-0.39, 0.29) is 5.91 Å². The number of amides is 1. The molecule has 2 atom stereocenters. The number of carbonyl (C=O) groups excluding carboxylic acids is 1. The molecule has 1 aliphatic rings. The number of hydrogen-bond acceptors (Lipinski definition) is 2. The van der Waals surface area contributed by atoms with E-state index in [9.17, 15) is 4.79 Å². The number of piperidine rings is 1. The molecule has 0 saturated carbocycles.